The van der Waals surface area contributed by atoms with Gasteiger partial charge in [0, 0.05) is 19.6 Å². The highest BCUT2D eigenvalue weighted by Crippen LogP contribution is 2.35. The third-order valence-electron chi connectivity index (χ3n) is 3.35. The van der Waals surface area contributed by atoms with Crippen LogP contribution in [0.5, 0.6) is 5.75 Å². The fraction of sp³-hybridized carbons (Fsp3) is 0.600. The van der Waals surface area contributed by atoms with Crippen molar-refractivity contribution in [1.82, 2.24) is 5.32 Å². The Morgan fingerprint density at radius 3 is 2.70 bits per heavy atom. The highest BCUT2D eigenvalue weighted by Gasteiger charge is 2.16. The van der Waals surface area contributed by atoms with Crippen LogP contribution in [0.25, 0.3) is 0 Å². The van der Waals surface area contributed by atoms with E-state index in [1.54, 1.807) is 0 Å². The molecule has 112 valence electrons. The summed E-state index contributed by atoms with van der Waals surface area (Å²) in [5.74, 6) is 0.878. The van der Waals surface area contributed by atoms with Gasteiger partial charge in [-0.05, 0) is 68.9 Å². The second-order valence-electron chi connectivity index (χ2n) is 4.94. The lowest BCUT2D eigenvalue weighted by Crippen LogP contribution is -2.12. The summed E-state index contributed by atoms with van der Waals surface area (Å²) in [4.78, 5) is 0. The largest absolute Gasteiger partial charge is 0.491 e. The Labute approximate surface area is 137 Å². The normalized spacial score (nSPS) is 18.4. The summed E-state index contributed by atoms with van der Waals surface area (Å²) in [6, 6.07) is 4.21. The Kier molecular flexibility index (Phi) is 6.81. The van der Waals surface area contributed by atoms with Crippen LogP contribution in [0.15, 0.2) is 21.1 Å². The van der Waals surface area contributed by atoms with Crippen LogP contribution < -0.4 is 10.1 Å². The van der Waals surface area contributed by atoms with E-state index in [-0.39, 0.29) is 0 Å². The van der Waals surface area contributed by atoms with Crippen LogP contribution in [0.1, 0.15) is 31.7 Å². The van der Waals surface area contributed by atoms with Gasteiger partial charge in [0.05, 0.1) is 21.7 Å². The van der Waals surface area contributed by atoms with Crippen molar-refractivity contribution in [3.8, 4) is 5.75 Å². The standard InChI is InChI=1S/C15H21Br2NO2/c1-2-18-10-11-8-13(16)15(14(17)9-11)20-7-5-12-4-3-6-19-12/h8-9,12,18H,2-7,10H2,1H3. The molecular formula is C15H21Br2NO2. The predicted octanol–water partition coefficient (Wildman–Crippen LogP) is 4.27. The summed E-state index contributed by atoms with van der Waals surface area (Å²) in [5, 5.41) is 3.32. The number of halogens is 2. The average Bonchev–Trinajstić information content (AvgIpc) is 2.92. The van der Waals surface area contributed by atoms with Crippen LogP contribution in [-0.4, -0.2) is 25.9 Å². The summed E-state index contributed by atoms with van der Waals surface area (Å²) >= 11 is 7.18. The molecule has 1 atom stereocenters. The smallest absolute Gasteiger partial charge is 0.147 e. The number of ether oxygens (including phenoxy) is 2. The molecule has 0 aromatic heterocycles. The second-order valence-corrected chi connectivity index (χ2v) is 6.65. The molecule has 5 heteroatoms. The van der Waals surface area contributed by atoms with Crippen LogP contribution in [0.4, 0.5) is 0 Å². The Bertz CT molecular complexity index is 411. The minimum absolute atomic E-state index is 0.376. The van der Waals surface area contributed by atoms with Crippen molar-refractivity contribution in [3.63, 3.8) is 0 Å². The molecule has 0 bridgehead atoms. The maximum absolute atomic E-state index is 5.89. The fourth-order valence-electron chi connectivity index (χ4n) is 2.29. The van der Waals surface area contributed by atoms with E-state index in [9.17, 15) is 0 Å². The lowest BCUT2D eigenvalue weighted by atomic mass is 10.2. The third-order valence-corrected chi connectivity index (χ3v) is 4.53. The van der Waals surface area contributed by atoms with Crippen LogP contribution in [0.2, 0.25) is 0 Å². The molecule has 2 rings (SSSR count). The van der Waals surface area contributed by atoms with E-state index in [1.165, 1.54) is 12.0 Å². The average molecular weight is 407 g/mol. The Balaban J connectivity index is 1.89. The summed E-state index contributed by atoms with van der Waals surface area (Å²) in [7, 11) is 0. The lowest BCUT2D eigenvalue weighted by Gasteiger charge is -2.14. The van der Waals surface area contributed by atoms with E-state index in [1.807, 2.05) is 0 Å². The monoisotopic (exact) mass is 405 g/mol. The van der Waals surface area contributed by atoms with E-state index < -0.39 is 0 Å². The maximum atomic E-state index is 5.89. The molecule has 1 fully saturated rings. The van der Waals surface area contributed by atoms with Gasteiger partial charge in [-0.25, -0.2) is 0 Å². The highest BCUT2D eigenvalue weighted by molar-refractivity contribution is 9.11. The Hall–Kier alpha value is -0.100. The SMILES string of the molecule is CCNCc1cc(Br)c(OCCC2CCCO2)c(Br)c1. The van der Waals surface area contributed by atoms with Gasteiger partial charge in [-0.2, -0.15) is 0 Å². The van der Waals surface area contributed by atoms with Gasteiger partial charge in [-0.3, -0.25) is 0 Å². The molecule has 0 aliphatic carbocycles. The number of benzene rings is 1. The zero-order valence-corrected chi connectivity index (χ0v) is 14.9. The van der Waals surface area contributed by atoms with Crippen molar-refractivity contribution in [1.29, 1.82) is 0 Å². The van der Waals surface area contributed by atoms with Gasteiger partial charge in [0.15, 0.2) is 0 Å². The first-order chi connectivity index (χ1) is 9.70. The molecule has 1 unspecified atom stereocenters. The molecule has 1 aromatic carbocycles. The van der Waals surface area contributed by atoms with E-state index in [0.29, 0.717) is 12.7 Å². The van der Waals surface area contributed by atoms with E-state index >= 15 is 0 Å². The minimum Gasteiger partial charge on any atom is -0.491 e. The quantitative estimate of drug-likeness (QED) is 0.733. The van der Waals surface area contributed by atoms with Gasteiger partial charge in [0.25, 0.3) is 0 Å². The topological polar surface area (TPSA) is 30.5 Å². The molecule has 1 aliphatic rings. The first-order valence-corrected chi connectivity index (χ1v) is 8.72. The van der Waals surface area contributed by atoms with Gasteiger partial charge in [-0.15, -0.1) is 0 Å². The maximum Gasteiger partial charge on any atom is 0.147 e. The first kappa shape index (κ1) is 16.3. The number of hydrogen-bond donors (Lipinski definition) is 1. The molecule has 1 saturated heterocycles. The van der Waals surface area contributed by atoms with E-state index in [4.69, 9.17) is 9.47 Å². The molecule has 0 saturated carbocycles. The second kappa shape index (κ2) is 8.37. The van der Waals surface area contributed by atoms with Gasteiger partial charge in [-0.1, -0.05) is 6.92 Å². The third kappa shape index (κ3) is 4.72. The van der Waals surface area contributed by atoms with E-state index in [0.717, 1.165) is 47.2 Å². The van der Waals surface area contributed by atoms with Gasteiger partial charge in [0.2, 0.25) is 0 Å². The zero-order chi connectivity index (χ0) is 14.4. The van der Waals surface area contributed by atoms with Crippen molar-refractivity contribution in [2.24, 2.45) is 0 Å². The van der Waals surface area contributed by atoms with Crippen molar-refractivity contribution < 1.29 is 9.47 Å². The van der Waals surface area contributed by atoms with Gasteiger partial charge >= 0.3 is 0 Å². The molecule has 0 amide bonds. The molecule has 1 heterocycles. The predicted molar refractivity (Wildman–Crippen MR) is 88.3 cm³/mol. The fourth-order valence-corrected chi connectivity index (χ4v) is 3.80. The summed E-state index contributed by atoms with van der Waals surface area (Å²) < 4.78 is 13.5. The molecular weight excluding hydrogens is 386 g/mol. The zero-order valence-electron chi connectivity index (χ0n) is 11.8. The molecule has 1 aliphatic heterocycles. The van der Waals surface area contributed by atoms with Crippen molar-refractivity contribution in [2.75, 3.05) is 19.8 Å². The van der Waals surface area contributed by atoms with Crippen LogP contribution >= 0.6 is 31.9 Å². The molecule has 0 radical (unpaired) electrons. The summed E-state index contributed by atoms with van der Waals surface area (Å²) in [6.45, 7) is 5.52. The Morgan fingerprint density at radius 1 is 1.35 bits per heavy atom. The minimum atomic E-state index is 0.376. The van der Waals surface area contributed by atoms with Gasteiger partial charge in [0.1, 0.15) is 5.75 Å². The lowest BCUT2D eigenvalue weighted by molar-refractivity contribution is 0.0901. The Morgan fingerprint density at radius 2 is 2.10 bits per heavy atom. The van der Waals surface area contributed by atoms with Crippen molar-refractivity contribution >= 4 is 31.9 Å². The highest BCUT2D eigenvalue weighted by atomic mass is 79.9. The molecule has 3 nitrogen and oxygen atoms in total. The van der Waals surface area contributed by atoms with E-state index in [2.05, 4.69) is 56.2 Å². The van der Waals surface area contributed by atoms with Crippen molar-refractivity contribution in [2.45, 2.75) is 38.8 Å². The molecule has 1 N–H and O–H groups in total. The van der Waals surface area contributed by atoms with Gasteiger partial charge < -0.3 is 14.8 Å². The number of nitrogens with one attached hydrogen (secondary N) is 1. The molecule has 20 heavy (non-hydrogen) atoms. The van der Waals surface area contributed by atoms with Crippen LogP contribution in [0, 0.1) is 0 Å². The number of rotatable bonds is 7. The van der Waals surface area contributed by atoms with Crippen LogP contribution in [0.3, 0.4) is 0 Å². The molecule has 0 spiro atoms. The first-order valence-electron chi connectivity index (χ1n) is 7.13. The summed E-state index contributed by atoms with van der Waals surface area (Å²) in [5.41, 5.74) is 1.23. The van der Waals surface area contributed by atoms with Crippen LogP contribution in [-0.2, 0) is 11.3 Å². The van der Waals surface area contributed by atoms with Crippen molar-refractivity contribution in [3.05, 3.63) is 26.6 Å². The molecule has 1 aromatic rings. The summed E-state index contributed by atoms with van der Waals surface area (Å²) in [6.07, 6.45) is 3.67. The number of hydrogen-bond acceptors (Lipinski definition) is 3.